The van der Waals surface area contributed by atoms with Crippen molar-refractivity contribution in [2.24, 2.45) is 7.05 Å². The number of aromatic nitrogens is 3. The predicted octanol–water partition coefficient (Wildman–Crippen LogP) is 1.21. The molecule has 0 bridgehead atoms. The zero-order chi connectivity index (χ0) is 13.0. The van der Waals surface area contributed by atoms with Crippen LogP contribution in [0, 0.1) is 0 Å². The van der Waals surface area contributed by atoms with Crippen LogP contribution in [0.2, 0.25) is 0 Å². The lowest BCUT2D eigenvalue weighted by molar-refractivity contribution is 0.0601. The van der Waals surface area contributed by atoms with Gasteiger partial charge in [-0.25, -0.2) is 9.78 Å². The van der Waals surface area contributed by atoms with Crippen molar-refractivity contribution >= 4 is 11.8 Å². The molecule has 0 unspecified atom stereocenters. The number of rotatable bonds is 4. The number of pyridine rings is 1. The van der Waals surface area contributed by atoms with E-state index in [1.807, 2.05) is 19.3 Å². The van der Waals surface area contributed by atoms with Gasteiger partial charge < -0.3 is 10.1 Å². The third kappa shape index (κ3) is 2.65. The van der Waals surface area contributed by atoms with E-state index in [0.29, 0.717) is 17.9 Å². The monoisotopic (exact) mass is 246 g/mol. The zero-order valence-corrected chi connectivity index (χ0v) is 10.3. The van der Waals surface area contributed by atoms with Crippen molar-refractivity contribution in [2.75, 3.05) is 12.4 Å². The van der Waals surface area contributed by atoms with Crippen molar-refractivity contribution in [3.05, 3.63) is 41.9 Å². The Labute approximate surface area is 105 Å². The fourth-order valence-electron chi connectivity index (χ4n) is 1.55. The highest BCUT2D eigenvalue weighted by Crippen LogP contribution is 2.13. The summed E-state index contributed by atoms with van der Waals surface area (Å²) in [5.74, 6) is 0.0848. The van der Waals surface area contributed by atoms with Crippen molar-refractivity contribution in [3.63, 3.8) is 0 Å². The van der Waals surface area contributed by atoms with Gasteiger partial charge in [-0.1, -0.05) is 0 Å². The van der Waals surface area contributed by atoms with Gasteiger partial charge in [-0.3, -0.25) is 4.68 Å². The number of ether oxygens (including phenoxy) is 1. The molecular formula is C12H14N4O2. The lowest BCUT2D eigenvalue weighted by Crippen LogP contribution is -2.10. The maximum Gasteiger partial charge on any atom is 0.341 e. The molecule has 0 spiro atoms. The second kappa shape index (κ2) is 5.31. The minimum atomic E-state index is -0.411. The van der Waals surface area contributed by atoms with Crippen LogP contribution in [0.25, 0.3) is 0 Å². The van der Waals surface area contributed by atoms with Crippen LogP contribution in [0.3, 0.4) is 0 Å². The second-order valence-electron chi connectivity index (χ2n) is 3.73. The van der Waals surface area contributed by atoms with Gasteiger partial charge in [0, 0.05) is 19.4 Å². The molecule has 6 nitrogen and oxygen atoms in total. The quantitative estimate of drug-likeness (QED) is 0.821. The molecule has 0 atom stereocenters. The average molecular weight is 246 g/mol. The van der Waals surface area contributed by atoms with Crippen molar-refractivity contribution < 1.29 is 9.53 Å². The first kappa shape index (κ1) is 12.1. The summed E-state index contributed by atoms with van der Waals surface area (Å²) >= 11 is 0. The van der Waals surface area contributed by atoms with Crippen LogP contribution in [0.5, 0.6) is 0 Å². The highest BCUT2D eigenvalue weighted by atomic mass is 16.5. The van der Waals surface area contributed by atoms with E-state index in [4.69, 9.17) is 4.74 Å². The number of nitrogens with one attached hydrogen (secondary N) is 1. The molecular weight excluding hydrogens is 232 g/mol. The van der Waals surface area contributed by atoms with Crippen LogP contribution >= 0.6 is 0 Å². The lowest BCUT2D eigenvalue weighted by Gasteiger charge is -2.07. The highest BCUT2D eigenvalue weighted by Gasteiger charge is 2.12. The molecule has 0 radical (unpaired) electrons. The summed E-state index contributed by atoms with van der Waals surface area (Å²) in [6.45, 7) is 0.502. The summed E-state index contributed by atoms with van der Waals surface area (Å²) in [6.07, 6.45) is 3.48. The Kier molecular flexibility index (Phi) is 3.57. The van der Waals surface area contributed by atoms with Gasteiger partial charge in [0.15, 0.2) is 0 Å². The smallest absolute Gasteiger partial charge is 0.341 e. The number of esters is 1. The first-order chi connectivity index (χ1) is 8.70. The summed E-state index contributed by atoms with van der Waals surface area (Å²) in [7, 11) is 3.20. The second-order valence-corrected chi connectivity index (χ2v) is 3.73. The molecule has 94 valence electrons. The SMILES string of the molecule is COC(=O)c1cccnc1NCc1ccn(C)n1. The molecule has 0 fully saturated rings. The van der Waals surface area contributed by atoms with E-state index in [9.17, 15) is 4.79 Å². The van der Waals surface area contributed by atoms with E-state index in [1.54, 1.807) is 23.0 Å². The molecule has 18 heavy (non-hydrogen) atoms. The number of anilines is 1. The van der Waals surface area contributed by atoms with Gasteiger partial charge in [-0.05, 0) is 18.2 Å². The maximum absolute atomic E-state index is 11.5. The Balaban J connectivity index is 2.11. The molecule has 0 amide bonds. The number of methoxy groups -OCH3 is 1. The lowest BCUT2D eigenvalue weighted by atomic mass is 10.2. The molecule has 0 aliphatic rings. The molecule has 1 N–H and O–H groups in total. The standard InChI is InChI=1S/C12H14N4O2/c1-16-7-5-9(15-16)8-14-11-10(12(17)18-2)4-3-6-13-11/h3-7H,8H2,1-2H3,(H,13,14). The van der Waals surface area contributed by atoms with E-state index in [1.165, 1.54) is 7.11 Å². The summed E-state index contributed by atoms with van der Waals surface area (Å²) in [4.78, 5) is 15.7. The summed E-state index contributed by atoms with van der Waals surface area (Å²) in [5.41, 5.74) is 1.29. The molecule has 6 heteroatoms. The maximum atomic E-state index is 11.5. The summed E-state index contributed by atoms with van der Waals surface area (Å²) in [6, 6.07) is 5.26. The molecule has 2 heterocycles. The van der Waals surface area contributed by atoms with Crippen LogP contribution in [-0.2, 0) is 18.3 Å². The van der Waals surface area contributed by atoms with Gasteiger partial charge in [0.05, 0.1) is 19.3 Å². The first-order valence-electron chi connectivity index (χ1n) is 5.46. The number of aryl methyl sites for hydroxylation is 1. The Morgan fingerprint density at radius 1 is 1.50 bits per heavy atom. The van der Waals surface area contributed by atoms with E-state index in [-0.39, 0.29) is 0 Å². The summed E-state index contributed by atoms with van der Waals surface area (Å²) in [5, 5.41) is 7.30. The number of hydrogen-bond acceptors (Lipinski definition) is 5. The van der Waals surface area contributed by atoms with Crippen molar-refractivity contribution in [3.8, 4) is 0 Å². The molecule has 2 aromatic rings. The van der Waals surface area contributed by atoms with Crippen molar-refractivity contribution in [1.82, 2.24) is 14.8 Å². The van der Waals surface area contributed by atoms with E-state index >= 15 is 0 Å². The van der Waals surface area contributed by atoms with Gasteiger partial charge >= 0.3 is 5.97 Å². The van der Waals surface area contributed by atoms with Crippen LogP contribution in [0.15, 0.2) is 30.6 Å². The molecule has 0 saturated heterocycles. The van der Waals surface area contributed by atoms with Gasteiger partial charge in [-0.2, -0.15) is 5.10 Å². The van der Waals surface area contributed by atoms with Gasteiger partial charge in [0.1, 0.15) is 11.4 Å². The third-order valence-electron chi connectivity index (χ3n) is 2.42. The Bertz CT molecular complexity index is 551. The van der Waals surface area contributed by atoms with Crippen LogP contribution in [-0.4, -0.2) is 27.8 Å². The van der Waals surface area contributed by atoms with Crippen molar-refractivity contribution in [2.45, 2.75) is 6.54 Å². The van der Waals surface area contributed by atoms with Crippen LogP contribution in [0.4, 0.5) is 5.82 Å². The topological polar surface area (TPSA) is 69.0 Å². The third-order valence-corrected chi connectivity index (χ3v) is 2.42. The van der Waals surface area contributed by atoms with Gasteiger partial charge in [-0.15, -0.1) is 0 Å². The largest absolute Gasteiger partial charge is 0.465 e. The van der Waals surface area contributed by atoms with Crippen LogP contribution in [0.1, 0.15) is 16.1 Å². The van der Waals surface area contributed by atoms with E-state index < -0.39 is 5.97 Å². The molecule has 0 aliphatic heterocycles. The average Bonchev–Trinajstić information content (AvgIpc) is 2.81. The fraction of sp³-hybridized carbons (Fsp3) is 0.250. The minimum Gasteiger partial charge on any atom is -0.465 e. The Morgan fingerprint density at radius 3 is 3.00 bits per heavy atom. The molecule has 0 saturated carbocycles. The van der Waals surface area contributed by atoms with Crippen molar-refractivity contribution in [1.29, 1.82) is 0 Å². The van der Waals surface area contributed by atoms with E-state index in [2.05, 4.69) is 15.4 Å². The van der Waals surface area contributed by atoms with Gasteiger partial charge in [0.25, 0.3) is 0 Å². The van der Waals surface area contributed by atoms with E-state index in [0.717, 1.165) is 5.69 Å². The molecule has 0 aromatic carbocycles. The fourth-order valence-corrected chi connectivity index (χ4v) is 1.55. The normalized spacial score (nSPS) is 10.1. The number of carbonyl (C=O) groups excluding carboxylic acids is 1. The molecule has 2 rings (SSSR count). The highest BCUT2D eigenvalue weighted by molar-refractivity contribution is 5.94. The Morgan fingerprint density at radius 2 is 2.33 bits per heavy atom. The number of carbonyl (C=O) groups is 1. The number of hydrogen-bond donors (Lipinski definition) is 1. The molecule has 2 aromatic heterocycles. The zero-order valence-electron chi connectivity index (χ0n) is 10.3. The molecule has 0 aliphatic carbocycles. The summed E-state index contributed by atoms with van der Waals surface area (Å²) < 4.78 is 6.41. The first-order valence-corrected chi connectivity index (χ1v) is 5.46. The van der Waals surface area contributed by atoms with Gasteiger partial charge in [0.2, 0.25) is 0 Å². The predicted molar refractivity (Wildman–Crippen MR) is 66.1 cm³/mol. The van der Waals surface area contributed by atoms with Crippen LogP contribution < -0.4 is 5.32 Å². The minimum absolute atomic E-state index is 0.411. The number of nitrogens with zero attached hydrogens (tertiary/aromatic N) is 3. The Hall–Kier alpha value is -2.37.